The summed E-state index contributed by atoms with van der Waals surface area (Å²) in [5.74, 6) is -0.661. The van der Waals surface area contributed by atoms with E-state index in [4.69, 9.17) is 34.8 Å². The summed E-state index contributed by atoms with van der Waals surface area (Å²) in [6, 6.07) is 5.79. The number of hydrogen-bond donors (Lipinski definition) is 0. The van der Waals surface area contributed by atoms with Gasteiger partial charge in [0, 0.05) is 11.1 Å². The molecule has 2 aromatic rings. The Morgan fingerprint density at radius 1 is 0.895 bits per heavy atom. The van der Waals surface area contributed by atoms with E-state index in [0.717, 1.165) is 18.2 Å². The minimum Gasteiger partial charge on any atom is -0.207 e. The van der Waals surface area contributed by atoms with Crippen molar-refractivity contribution < 1.29 is 13.2 Å². The first-order valence-corrected chi connectivity index (χ1v) is 6.26. The van der Waals surface area contributed by atoms with E-state index in [2.05, 4.69) is 0 Å². The Hall–Kier alpha value is -0.900. The number of rotatable bonds is 2. The van der Waals surface area contributed by atoms with Crippen LogP contribution < -0.4 is 0 Å². The zero-order valence-electron chi connectivity index (χ0n) is 9.23. The minimum atomic E-state index is -2.78. The maximum Gasteiger partial charge on any atom is 0.264 e. The summed E-state index contributed by atoms with van der Waals surface area (Å²) in [4.78, 5) is 0. The lowest BCUT2D eigenvalue weighted by Gasteiger charge is -2.13. The molecule has 0 N–H and O–H groups in total. The summed E-state index contributed by atoms with van der Waals surface area (Å²) < 4.78 is 39.2. The number of hydrogen-bond acceptors (Lipinski definition) is 0. The van der Waals surface area contributed by atoms with E-state index in [9.17, 15) is 13.2 Å². The van der Waals surface area contributed by atoms with Crippen LogP contribution in [0.15, 0.2) is 30.3 Å². The fraction of sp³-hybridized carbons (Fsp3) is 0.0769. The average molecular weight is 326 g/mol. The Labute approximate surface area is 122 Å². The molecule has 19 heavy (non-hydrogen) atoms. The first-order valence-electron chi connectivity index (χ1n) is 5.13. The highest BCUT2D eigenvalue weighted by molar-refractivity contribution is 6.46. The van der Waals surface area contributed by atoms with Crippen LogP contribution in [0.25, 0.3) is 11.1 Å². The van der Waals surface area contributed by atoms with Gasteiger partial charge < -0.3 is 0 Å². The molecule has 0 bridgehead atoms. The molecule has 0 atom stereocenters. The van der Waals surface area contributed by atoms with Crippen LogP contribution in [0.2, 0.25) is 15.1 Å². The van der Waals surface area contributed by atoms with Crippen LogP contribution >= 0.6 is 34.8 Å². The molecule has 0 unspecified atom stereocenters. The molecular weight excluding hydrogens is 319 g/mol. The van der Waals surface area contributed by atoms with Crippen LogP contribution in [-0.4, -0.2) is 0 Å². The third-order valence-electron chi connectivity index (χ3n) is 2.56. The van der Waals surface area contributed by atoms with Crippen molar-refractivity contribution in [2.75, 3.05) is 0 Å². The van der Waals surface area contributed by atoms with Crippen LogP contribution in [0, 0.1) is 5.82 Å². The third-order valence-corrected chi connectivity index (χ3v) is 3.68. The maximum atomic E-state index is 13.3. The van der Waals surface area contributed by atoms with E-state index >= 15 is 0 Å². The molecule has 100 valence electrons. The lowest BCUT2D eigenvalue weighted by atomic mass is 9.99. The van der Waals surface area contributed by atoms with Gasteiger partial charge in [-0.25, -0.2) is 13.2 Å². The van der Waals surface area contributed by atoms with E-state index in [1.54, 1.807) is 0 Å². The van der Waals surface area contributed by atoms with E-state index in [0.29, 0.717) is 0 Å². The molecule has 0 fully saturated rings. The highest BCUT2D eigenvalue weighted by Crippen LogP contribution is 2.42. The van der Waals surface area contributed by atoms with Gasteiger partial charge in [-0.15, -0.1) is 0 Å². The summed E-state index contributed by atoms with van der Waals surface area (Å²) in [7, 11) is 0. The van der Waals surface area contributed by atoms with Crippen molar-refractivity contribution in [3.8, 4) is 11.1 Å². The molecule has 0 saturated carbocycles. The van der Waals surface area contributed by atoms with Crippen LogP contribution in [0.1, 0.15) is 12.0 Å². The van der Waals surface area contributed by atoms with Gasteiger partial charge in [0.2, 0.25) is 0 Å². The maximum absolute atomic E-state index is 13.3. The molecule has 0 spiro atoms. The third kappa shape index (κ3) is 2.83. The number of benzene rings is 2. The second-order valence-corrected chi connectivity index (χ2v) is 4.94. The van der Waals surface area contributed by atoms with E-state index in [1.807, 2.05) is 0 Å². The first kappa shape index (κ1) is 14.5. The Kier molecular flexibility index (Phi) is 4.29. The molecule has 2 aromatic carbocycles. The summed E-state index contributed by atoms with van der Waals surface area (Å²) in [6.45, 7) is 0. The molecule has 0 saturated heterocycles. The average Bonchev–Trinajstić information content (AvgIpc) is 2.34. The van der Waals surface area contributed by atoms with Crippen molar-refractivity contribution in [2.45, 2.75) is 6.43 Å². The van der Waals surface area contributed by atoms with Crippen molar-refractivity contribution >= 4 is 34.8 Å². The van der Waals surface area contributed by atoms with Crippen molar-refractivity contribution in [3.05, 3.63) is 56.8 Å². The van der Waals surface area contributed by atoms with Gasteiger partial charge in [-0.05, 0) is 35.9 Å². The molecule has 0 amide bonds. The zero-order valence-corrected chi connectivity index (χ0v) is 11.5. The highest BCUT2D eigenvalue weighted by Gasteiger charge is 2.20. The molecule has 2 rings (SSSR count). The van der Waals surface area contributed by atoms with Crippen LogP contribution in [0.3, 0.4) is 0 Å². The first-order chi connectivity index (χ1) is 8.91. The quantitative estimate of drug-likeness (QED) is 0.561. The molecule has 6 heteroatoms. The second-order valence-electron chi connectivity index (χ2n) is 3.75. The highest BCUT2D eigenvalue weighted by atomic mass is 35.5. The van der Waals surface area contributed by atoms with E-state index < -0.39 is 12.2 Å². The number of alkyl halides is 2. The normalized spacial score (nSPS) is 11.1. The van der Waals surface area contributed by atoms with Gasteiger partial charge in [0.1, 0.15) is 5.82 Å². The summed E-state index contributed by atoms with van der Waals surface area (Å²) in [5, 5.41) is 0.300. The minimum absolute atomic E-state index is 0.0154. The van der Waals surface area contributed by atoms with Crippen LogP contribution in [0.5, 0.6) is 0 Å². The zero-order chi connectivity index (χ0) is 14.2. The van der Waals surface area contributed by atoms with Gasteiger partial charge in [-0.3, -0.25) is 0 Å². The Balaban J connectivity index is 2.78. The topological polar surface area (TPSA) is 0 Å². The molecule has 0 nitrogen and oxygen atoms in total. The predicted molar refractivity (Wildman–Crippen MR) is 71.8 cm³/mol. The largest absolute Gasteiger partial charge is 0.264 e. The van der Waals surface area contributed by atoms with E-state index in [-0.39, 0.29) is 31.8 Å². The molecule has 0 aliphatic rings. The SMILES string of the molecule is Fc1ccc(C(F)F)c(-c2c(Cl)ccc(Cl)c2Cl)c1. The summed E-state index contributed by atoms with van der Waals surface area (Å²) in [5.41, 5.74) is -0.314. The van der Waals surface area contributed by atoms with Gasteiger partial charge >= 0.3 is 0 Å². The monoisotopic (exact) mass is 324 g/mol. The Morgan fingerprint density at radius 3 is 2.16 bits per heavy atom. The van der Waals surface area contributed by atoms with Gasteiger partial charge in [-0.2, -0.15) is 0 Å². The van der Waals surface area contributed by atoms with Crippen molar-refractivity contribution in [1.82, 2.24) is 0 Å². The smallest absolute Gasteiger partial charge is 0.207 e. The molecule has 0 heterocycles. The van der Waals surface area contributed by atoms with Gasteiger partial charge in [0.25, 0.3) is 6.43 Å². The standard InChI is InChI=1S/C13H6Cl3F3/c14-9-3-4-10(15)12(16)11(9)8-5-6(17)1-2-7(8)13(18)19/h1-5,13H. The Morgan fingerprint density at radius 2 is 1.53 bits per heavy atom. The summed E-state index contributed by atoms with van der Waals surface area (Å²) in [6.07, 6.45) is -2.78. The van der Waals surface area contributed by atoms with Gasteiger partial charge in [0.05, 0.1) is 15.1 Å². The second kappa shape index (κ2) is 5.61. The van der Waals surface area contributed by atoms with Crippen molar-refractivity contribution in [2.24, 2.45) is 0 Å². The van der Waals surface area contributed by atoms with E-state index in [1.165, 1.54) is 12.1 Å². The molecule has 0 aliphatic carbocycles. The predicted octanol–water partition coefficient (Wildman–Crippen LogP) is 6.39. The molecule has 0 radical (unpaired) electrons. The summed E-state index contributed by atoms with van der Waals surface area (Å²) >= 11 is 17.8. The fourth-order valence-electron chi connectivity index (χ4n) is 1.71. The molecule has 0 aliphatic heterocycles. The van der Waals surface area contributed by atoms with Crippen LogP contribution in [-0.2, 0) is 0 Å². The van der Waals surface area contributed by atoms with Crippen molar-refractivity contribution in [3.63, 3.8) is 0 Å². The van der Waals surface area contributed by atoms with Crippen LogP contribution in [0.4, 0.5) is 13.2 Å². The molecule has 0 aromatic heterocycles. The van der Waals surface area contributed by atoms with Gasteiger partial charge in [0.15, 0.2) is 0 Å². The number of halogens is 6. The lowest BCUT2D eigenvalue weighted by molar-refractivity contribution is 0.152. The lowest BCUT2D eigenvalue weighted by Crippen LogP contribution is -1.93. The fourth-order valence-corrected chi connectivity index (χ4v) is 2.44. The Bertz CT molecular complexity index is 627. The van der Waals surface area contributed by atoms with Crippen molar-refractivity contribution in [1.29, 1.82) is 0 Å². The molecular formula is C13H6Cl3F3. The van der Waals surface area contributed by atoms with Gasteiger partial charge in [-0.1, -0.05) is 34.8 Å².